The van der Waals surface area contributed by atoms with Crippen LogP contribution in [0.4, 0.5) is 5.69 Å². The Kier molecular flexibility index (Phi) is 5.78. The number of ether oxygens (including phenoxy) is 1. The van der Waals surface area contributed by atoms with Gasteiger partial charge in [0.25, 0.3) is 0 Å². The molecule has 5 heteroatoms. The lowest BCUT2D eigenvalue weighted by Gasteiger charge is -2.20. The number of unbranched alkanes of at least 4 members (excludes halogenated alkanes) is 1. The Labute approximate surface area is 140 Å². The van der Waals surface area contributed by atoms with E-state index < -0.39 is 0 Å². The molecule has 0 unspecified atom stereocenters. The molecule has 0 aliphatic heterocycles. The molecule has 0 N–H and O–H groups in total. The Morgan fingerprint density at radius 3 is 2.78 bits per heavy atom. The van der Waals surface area contributed by atoms with E-state index in [4.69, 9.17) is 4.74 Å². The van der Waals surface area contributed by atoms with Crippen molar-refractivity contribution in [2.75, 3.05) is 25.6 Å². The molecule has 0 saturated heterocycles. The predicted octanol–water partition coefficient (Wildman–Crippen LogP) is 4.31. The SMILES string of the molecule is CCCCN(C)c1ccc(-c2ccc(C(=O)OC)s2)cc1C#N. The molecule has 4 nitrogen and oxygen atoms in total. The first-order chi connectivity index (χ1) is 11.1. The van der Waals surface area contributed by atoms with Crippen LogP contribution in [0.1, 0.15) is 35.0 Å². The molecule has 2 aromatic rings. The monoisotopic (exact) mass is 328 g/mol. The summed E-state index contributed by atoms with van der Waals surface area (Å²) in [5.74, 6) is -0.335. The molecule has 0 saturated carbocycles. The van der Waals surface area contributed by atoms with Crippen molar-refractivity contribution in [1.29, 1.82) is 5.26 Å². The van der Waals surface area contributed by atoms with Gasteiger partial charge in [-0.2, -0.15) is 5.26 Å². The van der Waals surface area contributed by atoms with Gasteiger partial charge in [0.2, 0.25) is 0 Å². The van der Waals surface area contributed by atoms with E-state index in [-0.39, 0.29) is 5.97 Å². The highest BCUT2D eigenvalue weighted by atomic mass is 32.1. The maximum Gasteiger partial charge on any atom is 0.348 e. The summed E-state index contributed by atoms with van der Waals surface area (Å²) in [6, 6.07) is 11.8. The first-order valence-corrected chi connectivity index (χ1v) is 8.36. The summed E-state index contributed by atoms with van der Waals surface area (Å²) in [6.45, 7) is 3.08. The molecule has 2 rings (SSSR count). The fourth-order valence-electron chi connectivity index (χ4n) is 2.33. The molecule has 1 heterocycles. The van der Waals surface area contributed by atoms with E-state index in [1.165, 1.54) is 18.4 Å². The van der Waals surface area contributed by atoms with Crippen LogP contribution in [0.25, 0.3) is 10.4 Å². The van der Waals surface area contributed by atoms with Crippen LogP contribution in [0.2, 0.25) is 0 Å². The zero-order chi connectivity index (χ0) is 16.8. The highest BCUT2D eigenvalue weighted by Crippen LogP contribution is 2.32. The summed E-state index contributed by atoms with van der Waals surface area (Å²) in [5.41, 5.74) is 2.53. The number of esters is 1. The summed E-state index contributed by atoms with van der Waals surface area (Å²) >= 11 is 1.37. The van der Waals surface area contributed by atoms with Crippen LogP contribution >= 0.6 is 11.3 Å². The third-order valence-electron chi connectivity index (χ3n) is 3.65. The summed E-state index contributed by atoms with van der Waals surface area (Å²) < 4.78 is 4.73. The van der Waals surface area contributed by atoms with Gasteiger partial charge in [0.05, 0.1) is 18.4 Å². The minimum Gasteiger partial charge on any atom is -0.465 e. The Bertz CT molecular complexity index is 731. The van der Waals surface area contributed by atoms with Gasteiger partial charge in [0, 0.05) is 18.5 Å². The van der Waals surface area contributed by atoms with Gasteiger partial charge >= 0.3 is 5.97 Å². The predicted molar refractivity (Wildman–Crippen MR) is 94.0 cm³/mol. The van der Waals surface area contributed by atoms with E-state index in [9.17, 15) is 10.1 Å². The van der Waals surface area contributed by atoms with E-state index >= 15 is 0 Å². The molecule has 1 aromatic heterocycles. The third-order valence-corrected chi connectivity index (χ3v) is 4.77. The second-order valence-electron chi connectivity index (χ2n) is 5.27. The maximum atomic E-state index is 11.6. The summed E-state index contributed by atoms with van der Waals surface area (Å²) in [6.07, 6.45) is 2.21. The number of nitrogens with zero attached hydrogens (tertiary/aromatic N) is 2. The first kappa shape index (κ1) is 17.0. The number of hydrogen-bond donors (Lipinski definition) is 0. The number of thiophene rings is 1. The van der Waals surface area contributed by atoms with Gasteiger partial charge in [0.15, 0.2) is 0 Å². The highest BCUT2D eigenvalue weighted by Gasteiger charge is 2.13. The van der Waals surface area contributed by atoms with Gasteiger partial charge in [-0.3, -0.25) is 0 Å². The topological polar surface area (TPSA) is 53.3 Å². The summed E-state index contributed by atoms with van der Waals surface area (Å²) in [4.78, 5) is 15.2. The highest BCUT2D eigenvalue weighted by molar-refractivity contribution is 7.17. The molecule has 0 amide bonds. The molecule has 1 aromatic carbocycles. The van der Waals surface area contributed by atoms with Crippen LogP contribution in [0.5, 0.6) is 0 Å². The molecule has 0 radical (unpaired) electrons. The smallest absolute Gasteiger partial charge is 0.348 e. The van der Waals surface area contributed by atoms with Crippen molar-refractivity contribution in [3.63, 3.8) is 0 Å². The number of rotatable bonds is 6. The van der Waals surface area contributed by atoms with E-state index in [1.54, 1.807) is 6.07 Å². The lowest BCUT2D eigenvalue weighted by molar-refractivity contribution is 0.0606. The van der Waals surface area contributed by atoms with Gasteiger partial charge in [-0.05, 0) is 36.2 Å². The zero-order valence-corrected chi connectivity index (χ0v) is 14.4. The van der Waals surface area contributed by atoms with E-state index in [2.05, 4.69) is 17.9 Å². The number of hydrogen-bond acceptors (Lipinski definition) is 5. The number of carbonyl (C=O) groups is 1. The molecule has 0 atom stereocenters. The van der Waals surface area contributed by atoms with E-state index in [0.717, 1.165) is 35.5 Å². The second-order valence-corrected chi connectivity index (χ2v) is 6.36. The minimum atomic E-state index is -0.335. The molecular formula is C18H20N2O2S. The number of benzene rings is 1. The van der Waals surface area contributed by atoms with Crippen molar-refractivity contribution < 1.29 is 9.53 Å². The van der Waals surface area contributed by atoms with Crippen LogP contribution in [0, 0.1) is 11.3 Å². The first-order valence-electron chi connectivity index (χ1n) is 7.54. The van der Waals surface area contributed by atoms with Crippen molar-refractivity contribution in [1.82, 2.24) is 0 Å². The molecule has 0 spiro atoms. The van der Waals surface area contributed by atoms with Crippen molar-refractivity contribution in [3.8, 4) is 16.5 Å². The maximum absolute atomic E-state index is 11.6. The van der Waals surface area contributed by atoms with Gasteiger partial charge in [-0.1, -0.05) is 19.4 Å². The van der Waals surface area contributed by atoms with Gasteiger partial charge in [-0.15, -0.1) is 11.3 Å². The van der Waals surface area contributed by atoms with Crippen LogP contribution in [-0.2, 0) is 4.74 Å². The van der Waals surface area contributed by atoms with E-state index in [1.807, 2.05) is 31.3 Å². The molecular weight excluding hydrogens is 308 g/mol. The number of anilines is 1. The quantitative estimate of drug-likeness (QED) is 0.742. The van der Waals surface area contributed by atoms with Crippen molar-refractivity contribution in [2.24, 2.45) is 0 Å². The van der Waals surface area contributed by atoms with Crippen LogP contribution < -0.4 is 4.90 Å². The van der Waals surface area contributed by atoms with Crippen molar-refractivity contribution in [3.05, 3.63) is 40.8 Å². The number of methoxy groups -OCH3 is 1. The van der Waals surface area contributed by atoms with Crippen molar-refractivity contribution in [2.45, 2.75) is 19.8 Å². The zero-order valence-electron chi connectivity index (χ0n) is 13.6. The summed E-state index contributed by atoms with van der Waals surface area (Å²) in [5, 5.41) is 9.45. The standard InChI is InChI=1S/C18H20N2O2S/c1-4-5-10-20(2)15-7-6-13(11-14(15)12-19)16-8-9-17(23-16)18(21)22-3/h6-9,11H,4-5,10H2,1-3H3. The molecule has 0 aliphatic rings. The average molecular weight is 328 g/mol. The normalized spacial score (nSPS) is 10.2. The fourth-order valence-corrected chi connectivity index (χ4v) is 3.25. The Balaban J connectivity index is 2.30. The molecule has 23 heavy (non-hydrogen) atoms. The molecule has 0 aliphatic carbocycles. The number of nitriles is 1. The van der Waals surface area contributed by atoms with Gasteiger partial charge in [-0.25, -0.2) is 4.79 Å². The Hall–Kier alpha value is -2.32. The van der Waals surface area contributed by atoms with Gasteiger partial charge < -0.3 is 9.64 Å². The Morgan fingerprint density at radius 1 is 1.35 bits per heavy atom. The third kappa shape index (κ3) is 3.91. The molecule has 0 fully saturated rings. The van der Waals surface area contributed by atoms with Crippen LogP contribution in [0.3, 0.4) is 0 Å². The Morgan fingerprint density at radius 2 is 2.13 bits per heavy atom. The van der Waals surface area contributed by atoms with Crippen molar-refractivity contribution >= 4 is 23.0 Å². The average Bonchev–Trinajstić information content (AvgIpc) is 3.08. The van der Waals surface area contributed by atoms with Gasteiger partial charge in [0.1, 0.15) is 10.9 Å². The lowest BCUT2D eigenvalue weighted by atomic mass is 10.1. The lowest BCUT2D eigenvalue weighted by Crippen LogP contribution is -2.19. The molecule has 120 valence electrons. The fraction of sp³-hybridized carbons (Fsp3) is 0.333. The second kappa shape index (κ2) is 7.80. The molecule has 0 bridgehead atoms. The largest absolute Gasteiger partial charge is 0.465 e. The van der Waals surface area contributed by atoms with Crippen LogP contribution in [0.15, 0.2) is 30.3 Å². The number of carbonyl (C=O) groups excluding carboxylic acids is 1. The summed E-state index contributed by atoms with van der Waals surface area (Å²) in [7, 11) is 3.38. The van der Waals surface area contributed by atoms with Crippen LogP contribution in [-0.4, -0.2) is 26.7 Å². The van der Waals surface area contributed by atoms with E-state index in [0.29, 0.717) is 10.4 Å². The minimum absolute atomic E-state index is 0.335.